The molecular weight excluding hydrogens is 270 g/mol. The number of hydrogen-bond donors (Lipinski definition) is 1. The van der Waals surface area contributed by atoms with Gasteiger partial charge in [0, 0.05) is 10.9 Å². The summed E-state index contributed by atoms with van der Waals surface area (Å²) in [5, 5.41) is 3.35. The third kappa shape index (κ3) is 4.32. The molecule has 1 N–H and O–H groups in total. The van der Waals surface area contributed by atoms with E-state index in [0.29, 0.717) is 6.04 Å². The number of benzene rings is 1. The number of hydrogen-bond acceptors (Lipinski definition) is 4. The summed E-state index contributed by atoms with van der Waals surface area (Å²) in [6, 6.07) is 12.6. The maximum Gasteiger partial charge on any atom is 0.132 e. The lowest BCUT2D eigenvalue weighted by Crippen LogP contribution is -2.21. The highest BCUT2D eigenvalue weighted by Crippen LogP contribution is 2.31. The Balaban J connectivity index is 1.91. The van der Waals surface area contributed by atoms with Gasteiger partial charge in [-0.1, -0.05) is 26.0 Å². The Labute approximate surface area is 124 Å². The lowest BCUT2D eigenvalue weighted by Gasteiger charge is -2.07. The third-order valence-corrected chi connectivity index (χ3v) is 3.92. The van der Waals surface area contributed by atoms with Gasteiger partial charge in [0.2, 0.25) is 0 Å². The van der Waals surface area contributed by atoms with Gasteiger partial charge in [0.15, 0.2) is 0 Å². The first-order valence-corrected chi connectivity index (χ1v) is 7.74. The van der Waals surface area contributed by atoms with Crippen LogP contribution in [0.15, 0.2) is 45.7 Å². The summed E-state index contributed by atoms with van der Waals surface area (Å²) < 4.78 is 11.1. The van der Waals surface area contributed by atoms with E-state index in [4.69, 9.17) is 9.15 Å². The topological polar surface area (TPSA) is 34.4 Å². The quantitative estimate of drug-likeness (QED) is 0.780. The smallest absolute Gasteiger partial charge is 0.132 e. The number of ether oxygens (including phenoxy) is 1. The summed E-state index contributed by atoms with van der Waals surface area (Å²) in [6.07, 6.45) is 0. The van der Waals surface area contributed by atoms with Crippen molar-refractivity contribution < 1.29 is 9.15 Å². The second kappa shape index (κ2) is 7.41. The van der Waals surface area contributed by atoms with Crippen molar-refractivity contribution in [2.24, 2.45) is 0 Å². The molecule has 0 amide bonds. The lowest BCUT2D eigenvalue weighted by molar-refractivity contribution is 0.404. The van der Waals surface area contributed by atoms with Crippen molar-refractivity contribution in [1.29, 1.82) is 0 Å². The van der Waals surface area contributed by atoms with Gasteiger partial charge in [-0.3, -0.25) is 0 Å². The largest absolute Gasteiger partial charge is 0.496 e. The molecule has 1 heterocycles. The van der Waals surface area contributed by atoms with Crippen LogP contribution in [0.5, 0.6) is 5.75 Å². The molecular formula is C16H21NO2S. The van der Waals surface area contributed by atoms with Gasteiger partial charge in [-0.15, -0.1) is 11.8 Å². The molecule has 0 saturated carbocycles. The Hall–Kier alpha value is -1.39. The molecule has 0 spiro atoms. The first kappa shape index (κ1) is 15.0. The van der Waals surface area contributed by atoms with Gasteiger partial charge in [-0.2, -0.15) is 0 Å². The number of para-hydroxylation sites is 1. The minimum atomic E-state index is 0.464. The Morgan fingerprint density at radius 3 is 2.65 bits per heavy atom. The number of furan rings is 1. The van der Waals surface area contributed by atoms with E-state index in [1.165, 1.54) is 0 Å². The van der Waals surface area contributed by atoms with Crippen molar-refractivity contribution in [1.82, 2.24) is 5.32 Å². The molecule has 3 nitrogen and oxygen atoms in total. The van der Waals surface area contributed by atoms with Crippen molar-refractivity contribution in [2.75, 3.05) is 7.11 Å². The van der Waals surface area contributed by atoms with Crippen LogP contribution in [0.4, 0.5) is 0 Å². The SMILES string of the molecule is COc1ccccc1SCc1ccc(CNC(C)C)o1. The van der Waals surface area contributed by atoms with Crippen LogP contribution in [0.25, 0.3) is 0 Å². The van der Waals surface area contributed by atoms with E-state index in [-0.39, 0.29) is 0 Å². The van der Waals surface area contributed by atoms with Gasteiger partial charge in [0.25, 0.3) is 0 Å². The maximum absolute atomic E-state index is 5.81. The van der Waals surface area contributed by atoms with E-state index in [9.17, 15) is 0 Å². The monoisotopic (exact) mass is 291 g/mol. The van der Waals surface area contributed by atoms with Gasteiger partial charge in [-0.05, 0) is 24.3 Å². The normalized spacial score (nSPS) is 11.0. The van der Waals surface area contributed by atoms with Crippen LogP contribution < -0.4 is 10.1 Å². The molecule has 0 atom stereocenters. The van der Waals surface area contributed by atoms with Gasteiger partial charge in [0.1, 0.15) is 17.3 Å². The molecule has 0 aliphatic rings. The fourth-order valence-electron chi connectivity index (χ4n) is 1.79. The summed E-state index contributed by atoms with van der Waals surface area (Å²) in [7, 11) is 1.70. The number of thioether (sulfide) groups is 1. The molecule has 0 aliphatic heterocycles. The first-order valence-electron chi connectivity index (χ1n) is 6.76. The molecule has 0 aliphatic carbocycles. The molecule has 20 heavy (non-hydrogen) atoms. The average molecular weight is 291 g/mol. The predicted octanol–water partition coefficient (Wildman–Crippen LogP) is 4.08. The molecule has 0 fully saturated rings. The summed E-state index contributed by atoms with van der Waals surface area (Å²) >= 11 is 1.72. The zero-order valence-corrected chi connectivity index (χ0v) is 13.0. The van der Waals surface area contributed by atoms with Crippen LogP contribution >= 0.6 is 11.8 Å². The van der Waals surface area contributed by atoms with Crippen molar-refractivity contribution >= 4 is 11.8 Å². The second-order valence-electron chi connectivity index (χ2n) is 4.84. The molecule has 2 aromatic rings. The van der Waals surface area contributed by atoms with Crippen molar-refractivity contribution in [3.8, 4) is 5.75 Å². The van der Waals surface area contributed by atoms with Crippen LogP contribution in [-0.4, -0.2) is 13.2 Å². The number of rotatable bonds is 7. The fraction of sp³-hybridized carbons (Fsp3) is 0.375. The van der Waals surface area contributed by atoms with Gasteiger partial charge in [-0.25, -0.2) is 0 Å². The summed E-state index contributed by atoms with van der Waals surface area (Å²) in [5.41, 5.74) is 0. The number of methoxy groups -OCH3 is 1. The Kier molecular flexibility index (Phi) is 5.56. The second-order valence-corrected chi connectivity index (χ2v) is 5.86. The molecule has 0 bridgehead atoms. The highest BCUT2D eigenvalue weighted by Gasteiger charge is 2.06. The van der Waals surface area contributed by atoms with Gasteiger partial charge < -0.3 is 14.5 Å². The average Bonchev–Trinajstić information content (AvgIpc) is 2.91. The van der Waals surface area contributed by atoms with E-state index in [2.05, 4.69) is 25.2 Å². The molecule has 1 aromatic heterocycles. The van der Waals surface area contributed by atoms with Crippen molar-refractivity contribution in [3.05, 3.63) is 47.9 Å². The molecule has 108 valence electrons. The molecule has 1 aromatic carbocycles. The third-order valence-electron chi connectivity index (χ3n) is 2.84. The minimum absolute atomic E-state index is 0.464. The highest BCUT2D eigenvalue weighted by atomic mass is 32.2. The van der Waals surface area contributed by atoms with Crippen LogP contribution in [0.3, 0.4) is 0 Å². The van der Waals surface area contributed by atoms with Crippen molar-refractivity contribution in [3.63, 3.8) is 0 Å². The van der Waals surface area contributed by atoms with E-state index < -0.39 is 0 Å². The lowest BCUT2D eigenvalue weighted by atomic mass is 10.3. The highest BCUT2D eigenvalue weighted by molar-refractivity contribution is 7.98. The predicted molar refractivity (Wildman–Crippen MR) is 83.2 cm³/mol. The Morgan fingerprint density at radius 1 is 1.15 bits per heavy atom. The summed E-state index contributed by atoms with van der Waals surface area (Å²) in [6.45, 7) is 5.03. The standard InChI is InChI=1S/C16H21NO2S/c1-12(2)17-10-13-8-9-14(19-13)11-20-16-7-5-4-6-15(16)18-3/h4-9,12,17H,10-11H2,1-3H3. The van der Waals surface area contributed by atoms with E-state index in [1.54, 1.807) is 18.9 Å². The van der Waals surface area contributed by atoms with Crippen molar-refractivity contribution in [2.45, 2.75) is 37.1 Å². The van der Waals surface area contributed by atoms with E-state index in [0.717, 1.165) is 34.5 Å². The Morgan fingerprint density at radius 2 is 1.90 bits per heavy atom. The van der Waals surface area contributed by atoms with Crippen LogP contribution in [0, 0.1) is 0 Å². The summed E-state index contributed by atoms with van der Waals surface area (Å²) in [5.74, 6) is 3.68. The zero-order chi connectivity index (χ0) is 14.4. The van der Waals surface area contributed by atoms with Gasteiger partial charge in [0.05, 0.1) is 19.4 Å². The molecule has 0 saturated heterocycles. The van der Waals surface area contributed by atoms with Crippen LogP contribution in [0.2, 0.25) is 0 Å². The molecule has 0 radical (unpaired) electrons. The molecule has 2 rings (SSSR count). The molecule has 0 unspecified atom stereocenters. The minimum Gasteiger partial charge on any atom is -0.496 e. The molecule has 4 heteroatoms. The van der Waals surface area contributed by atoms with Gasteiger partial charge >= 0.3 is 0 Å². The first-order chi connectivity index (χ1) is 9.69. The maximum atomic E-state index is 5.81. The Bertz CT molecular complexity index is 537. The fourth-order valence-corrected chi connectivity index (χ4v) is 2.71. The van der Waals surface area contributed by atoms with E-state index >= 15 is 0 Å². The summed E-state index contributed by atoms with van der Waals surface area (Å²) in [4.78, 5) is 1.13. The zero-order valence-electron chi connectivity index (χ0n) is 12.2. The number of nitrogens with one attached hydrogen (secondary N) is 1. The van der Waals surface area contributed by atoms with Crippen LogP contribution in [-0.2, 0) is 12.3 Å². The van der Waals surface area contributed by atoms with E-state index in [1.807, 2.05) is 30.3 Å². The van der Waals surface area contributed by atoms with Crippen LogP contribution in [0.1, 0.15) is 25.4 Å².